The number of primary amides is 1. The van der Waals surface area contributed by atoms with Crippen LogP contribution in [0, 0.1) is 0 Å². The van der Waals surface area contributed by atoms with E-state index in [0.29, 0.717) is 5.56 Å². The number of carbonyl (C=O) groups is 1. The van der Waals surface area contributed by atoms with Gasteiger partial charge in [-0.15, -0.1) is 0 Å². The highest BCUT2D eigenvalue weighted by atomic mass is 16.3. The highest BCUT2D eigenvalue weighted by Crippen LogP contribution is 2.19. The van der Waals surface area contributed by atoms with E-state index in [1.165, 1.54) is 0 Å². The number of hydrogen-bond donors (Lipinski definition) is 4. The molecule has 20 heavy (non-hydrogen) atoms. The van der Waals surface area contributed by atoms with Crippen molar-refractivity contribution in [3.63, 3.8) is 0 Å². The van der Waals surface area contributed by atoms with Crippen LogP contribution in [0.5, 0.6) is 0 Å². The highest BCUT2D eigenvalue weighted by molar-refractivity contribution is 5.74. The average Bonchev–Trinajstić information content (AvgIpc) is 2.34. The van der Waals surface area contributed by atoms with E-state index in [1.807, 2.05) is 12.1 Å². The summed E-state index contributed by atoms with van der Waals surface area (Å²) < 4.78 is 0. The number of rotatable bonds is 6. The predicted octanol–water partition coefficient (Wildman–Crippen LogP) is 0.844. The van der Waals surface area contributed by atoms with E-state index in [2.05, 4.69) is 26.1 Å². The first kappa shape index (κ1) is 16.6. The van der Waals surface area contributed by atoms with Gasteiger partial charge >= 0.3 is 0 Å². The summed E-state index contributed by atoms with van der Waals surface area (Å²) >= 11 is 0. The maximum absolute atomic E-state index is 10.7. The second-order valence-electron chi connectivity index (χ2n) is 6.03. The minimum absolute atomic E-state index is 0.0376. The molecule has 5 nitrogen and oxygen atoms in total. The van der Waals surface area contributed by atoms with Gasteiger partial charge < -0.3 is 21.3 Å². The van der Waals surface area contributed by atoms with E-state index in [9.17, 15) is 15.0 Å². The Morgan fingerprint density at radius 1 is 1.25 bits per heavy atom. The van der Waals surface area contributed by atoms with E-state index < -0.39 is 18.1 Å². The van der Waals surface area contributed by atoms with Gasteiger partial charge in [0.15, 0.2) is 0 Å². The Morgan fingerprint density at radius 3 is 2.25 bits per heavy atom. The minimum Gasteiger partial charge on any atom is -0.390 e. The molecule has 2 atom stereocenters. The summed E-state index contributed by atoms with van der Waals surface area (Å²) in [4.78, 5) is 10.7. The largest absolute Gasteiger partial charge is 0.390 e. The SMILES string of the molecule is CC(C)(C)NCc1ccc(C(O)C(O)CC(N)=O)cc1. The summed E-state index contributed by atoms with van der Waals surface area (Å²) in [6.45, 7) is 6.99. The zero-order valence-corrected chi connectivity index (χ0v) is 12.3. The first-order valence-electron chi connectivity index (χ1n) is 6.67. The molecule has 1 aromatic carbocycles. The van der Waals surface area contributed by atoms with Crippen LogP contribution < -0.4 is 11.1 Å². The molecule has 112 valence electrons. The van der Waals surface area contributed by atoms with Gasteiger partial charge in [-0.2, -0.15) is 0 Å². The maximum Gasteiger partial charge on any atom is 0.220 e. The molecule has 5 N–H and O–H groups in total. The number of aliphatic hydroxyl groups is 2. The molecule has 1 rings (SSSR count). The first-order chi connectivity index (χ1) is 9.19. The average molecular weight is 280 g/mol. The summed E-state index contributed by atoms with van der Waals surface area (Å²) in [5, 5.41) is 22.9. The fraction of sp³-hybridized carbons (Fsp3) is 0.533. The molecule has 1 aromatic rings. The summed E-state index contributed by atoms with van der Waals surface area (Å²) in [5.41, 5.74) is 6.68. The lowest BCUT2D eigenvalue weighted by Crippen LogP contribution is -2.35. The van der Waals surface area contributed by atoms with Gasteiger partial charge in [0.1, 0.15) is 6.10 Å². The van der Waals surface area contributed by atoms with Gasteiger partial charge in [-0.25, -0.2) is 0 Å². The molecule has 5 heteroatoms. The van der Waals surface area contributed by atoms with Crippen molar-refractivity contribution in [2.45, 2.75) is 51.5 Å². The van der Waals surface area contributed by atoms with E-state index in [-0.39, 0.29) is 12.0 Å². The Bertz CT molecular complexity index is 437. The van der Waals surface area contributed by atoms with Crippen molar-refractivity contribution in [2.75, 3.05) is 0 Å². The third-order valence-corrected chi connectivity index (χ3v) is 2.92. The number of nitrogens with two attached hydrogens (primary N) is 1. The summed E-state index contributed by atoms with van der Waals surface area (Å²) in [6, 6.07) is 7.26. The zero-order valence-electron chi connectivity index (χ0n) is 12.3. The molecule has 0 aliphatic heterocycles. The minimum atomic E-state index is -1.17. The predicted molar refractivity (Wildman–Crippen MR) is 77.8 cm³/mol. The number of aliphatic hydroxyl groups excluding tert-OH is 2. The van der Waals surface area contributed by atoms with Crippen LogP contribution in [0.1, 0.15) is 44.4 Å². The number of carbonyl (C=O) groups excluding carboxylic acids is 1. The van der Waals surface area contributed by atoms with Gasteiger partial charge in [-0.05, 0) is 31.9 Å². The third-order valence-electron chi connectivity index (χ3n) is 2.92. The van der Waals surface area contributed by atoms with Crippen LogP contribution in [0.4, 0.5) is 0 Å². The molecule has 0 fully saturated rings. The van der Waals surface area contributed by atoms with Gasteiger partial charge in [0.2, 0.25) is 5.91 Å². The number of nitrogens with one attached hydrogen (secondary N) is 1. The molecular formula is C15H24N2O3. The number of hydrogen-bond acceptors (Lipinski definition) is 4. The zero-order chi connectivity index (χ0) is 15.3. The van der Waals surface area contributed by atoms with Gasteiger partial charge in [-0.3, -0.25) is 4.79 Å². The van der Waals surface area contributed by atoms with Gasteiger partial charge in [-0.1, -0.05) is 24.3 Å². The fourth-order valence-electron chi connectivity index (χ4n) is 1.74. The van der Waals surface area contributed by atoms with E-state index in [1.54, 1.807) is 12.1 Å². The Hall–Kier alpha value is -1.43. The van der Waals surface area contributed by atoms with Crippen LogP contribution in [0.3, 0.4) is 0 Å². The quantitative estimate of drug-likeness (QED) is 0.621. The van der Waals surface area contributed by atoms with Crippen molar-refractivity contribution in [3.05, 3.63) is 35.4 Å². The molecule has 2 unspecified atom stereocenters. The Labute approximate surface area is 119 Å². The van der Waals surface area contributed by atoms with Crippen molar-refractivity contribution in [1.29, 1.82) is 0 Å². The van der Waals surface area contributed by atoms with Crippen LogP contribution in [0.2, 0.25) is 0 Å². The molecule has 0 aromatic heterocycles. The Morgan fingerprint density at radius 2 is 1.80 bits per heavy atom. The van der Waals surface area contributed by atoms with Crippen molar-refractivity contribution >= 4 is 5.91 Å². The summed E-state index contributed by atoms with van der Waals surface area (Å²) in [7, 11) is 0. The molecular weight excluding hydrogens is 256 g/mol. The summed E-state index contributed by atoms with van der Waals surface area (Å²) in [6.07, 6.45) is -2.53. The summed E-state index contributed by atoms with van der Waals surface area (Å²) in [5.74, 6) is -0.637. The van der Waals surface area contributed by atoms with E-state index in [0.717, 1.165) is 12.1 Å². The van der Waals surface area contributed by atoms with Gasteiger partial charge in [0.25, 0.3) is 0 Å². The number of benzene rings is 1. The van der Waals surface area contributed by atoms with E-state index >= 15 is 0 Å². The molecule has 0 saturated heterocycles. The van der Waals surface area contributed by atoms with E-state index in [4.69, 9.17) is 5.73 Å². The Balaban J connectivity index is 2.63. The lowest BCUT2D eigenvalue weighted by atomic mass is 10.0. The van der Waals surface area contributed by atoms with Crippen molar-refractivity contribution in [1.82, 2.24) is 5.32 Å². The molecule has 0 bridgehead atoms. The van der Waals surface area contributed by atoms with Crippen LogP contribution in [0.25, 0.3) is 0 Å². The van der Waals surface area contributed by atoms with Gasteiger partial charge in [0, 0.05) is 12.1 Å². The van der Waals surface area contributed by atoms with Crippen molar-refractivity contribution in [2.24, 2.45) is 5.73 Å². The van der Waals surface area contributed by atoms with Crippen LogP contribution in [-0.2, 0) is 11.3 Å². The molecule has 0 heterocycles. The molecule has 0 aliphatic carbocycles. The molecule has 0 radical (unpaired) electrons. The second-order valence-corrected chi connectivity index (χ2v) is 6.03. The lowest BCUT2D eigenvalue weighted by molar-refractivity contribution is -0.121. The first-order valence-corrected chi connectivity index (χ1v) is 6.67. The maximum atomic E-state index is 10.7. The molecule has 0 aliphatic rings. The molecule has 0 saturated carbocycles. The normalized spacial score (nSPS) is 14.8. The van der Waals surface area contributed by atoms with Crippen LogP contribution >= 0.6 is 0 Å². The van der Waals surface area contributed by atoms with Crippen LogP contribution in [-0.4, -0.2) is 27.8 Å². The topological polar surface area (TPSA) is 95.6 Å². The van der Waals surface area contributed by atoms with Crippen molar-refractivity contribution in [3.8, 4) is 0 Å². The molecule has 1 amide bonds. The highest BCUT2D eigenvalue weighted by Gasteiger charge is 2.20. The fourth-order valence-corrected chi connectivity index (χ4v) is 1.74. The van der Waals surface area contributed by atoms with Gasteiger partial charge in [0.05, 0.1) is 12.5 Å². The standard InChI is InChI=1S/C15H24N2O3/c1-15(2,3)17-9-10-4-6-11(7-5-10)14(20)12(18)8-13(16)19/h4-7,12,14,17-18,20H,8-9H2,1-3H3,(H2,16,19). The lowest BCUT2D eigenvalue weighted by Gasteiger charge is -2.21. The van der Waals surface area contributed by atoms with Crippen molar-refractivity contribution < 1.29 is 15.0 Å². The molecule has 0 spiro atoms. The second kappa shape index (κ2) is 6.83. The smallest absolute Gasteiger partial charge is 0.220 e. The van der Waals surface area contributed by atoms with Crippen LogP contribution in [0.15, 0.2) is 24.3 Å². The monoisotopic (exact) mass is 280 g/mol. The third kappa shape index (κ3) is 5.69. The number of amides is 1. The Kier molecular flexibility index (Phi) is 5.68.